The Morgan fingerprint density at radius 2 is 1.69 bits per heavy atom. The summed E-state index contributed by atoms with van der Waals surface area (Å²) < 4.78 is 18.9. The smallest absolute Gasteiger partial charge is 0.230 e. The number of carbonyl (C=O) groups is 1. The van der Waals surface area contributed by atoms with Gasteiger partial charge in [-0.15, -0.1) is 11.3 Å². The van der Waals surface area contributed by atoms with Gasteiger partial charge in [0.25, 0.3) is 0 Å². The summed E-state index contributed by atoms with van der Waals surface area (Å²) >= 11 is 1.42. The number of hydrogen-bond acceptors (Lipinski definition) is 4. The van der Waals surface area contributed by atoms with Crippen molar-refractivity contribution in [2.24, 2.45) is 0 Å². The molecule has 6 heteroatoms. The Kier molecular flexibility index (Phi) is 5.63. The Labute approximate surface area is 171 Å². The van der Waals surface area contributed by atoms with Crippen LogP contribution in [0.3, 0.4) is 0 Å². The summed E-state index contributed by atoms with van der Waals surface area (Å²) in [5.74, 6) is 0.779. The number of para-hydroxylation sites is 3. The maximum Gasteiger partial charge on any atom is 0.230 e. The quantitative estimate of drug-likeness (QED) is 0.434. The van der Waals surface area contributed by atoms with Gasteiger partial charge in [0, 0.05) is 10.9 Å². The molecule has 144 valence electrons. The molecule has 1 aromatic heterocycles. The van der Waals surface area contributed by atoms with Crippen molar-refractivity contribution in [1.82, 2.24) is 4.98 Å². The number of aromatic nitrogens is 1. The van der Waals surface area contributed by atoms with Gasteiger partial charge in [-0.1, -0.05) is 30.3 Å². The van der Waals surface area contributed by atoms with Gasteiger partial charge in [0.05, 0.1) is 17.8 Å². The standard InChI is InChI=1S/C23H17FN2O2S/c24-17-12-10-16(11-13-17)23-25-18(15-29-23)14-22(27)26-20-8-4-5-9-21(20)28-19-6-2-1-3-7-19/h1-13,15H,14H2,(H,26,27). The highest BCUT2D eigenvalue weighted by Gasteiger charge is 2.12. The Morgan fingerprint density at radius 1 is 0.966 bits per heavy atom. The monoisotopic (exact) mass is 404 g/mol. The summed E-state index contributed by atoms with van der Waals surface area (Å²) in [6, 6.07) is 22.8. The van der Waals surface area contributed by atoms with Crippen molar-refractivity contribution < 1.29 is 13.9 Å². The molecule has 3 aromatic carbocycles. The van der Waals surface area contributed by atoms with Crippen LogP contribution in [-0.4, -0.2) is 10.9 Å². The zero-order valence-electron chi connectivity index (χ0n) is 15.3. The molecule has 4 aromatic rings. The summed E-state index contributed by atoms with van der Waals surface area (Å²) in [4.78, 5) is 17.0. The first-order chi connectivity index (χ1) is 14.2. The van der Waals surface area contributed by atoms with Crippen molar-refractivity contribution in [3.8, 4) is 22.1 Å². The average Bonchev–Trinajstić information content (AvgIpc) is 3.19. The number of thiazole rings is 1. The van der Waals surface area contributed by atoms with E-state index in [4.69, 9.17) is 4.74 Å². The lowest BCUT2D eigenvalue weighted by Gasteiger charge is -2.11. The lowest BCUT2D eigenvalue weighted by atomic mass is 10.2. The molecule has 0 bridgehead atoms. The Morgan fingerprint density at radius 3 is 2.48 bits per heavy atom. The second-order valence-corrected chi connectivity index (χ2v) is 7.15. The molecule has 1 N–H and O–H groups in total. The number of anilines is 1. The summed E-state index contributed by atoms with van der Waals surface area (Å²) in [5, 5.41) is 5.48. The van der Waals surface area contributed by atoms with Gasteiger partial charge in [-0.3, -0.25) is 4.79 Å². The number of ether oxygens (including phenoxy) is 1. The predicted molar refractivity (Wildman–Crippen MR) is 113 cm³/mol. The summed E-state index contributed by atoms with van der Waals surface area (Å²) in [5.41, 5.74) is 2.08. The van der Waals surface area contributed by atoms with E-state index in [1.54, 1.807) is 24.3 Å². The molecule has 0 saturated carbocycles. The lowest BCUT2D eigenvalue weighted by molar-refractivity contribution is -0.115. The molecule has 0 saturated heterocycles. The minimum absolute atomic E-state index is 0.136. The van der Waals surface area contributed by atoms with Crippen LogP contribution in [0.1, 0.15) is 5.69 Å². The van der Waals surface area contributed by atoms with Crippen LogP contribution in [-0.2, 0) is 11.2 Å². The molecule has 0 fully saturated rings. The minimum Gasteiger partial charge on any atom is -0.455 e. The topological polar surface area (TPSA) is 51.2 Å². The number of rotatable bonds is 6. The fraction of sp³-hybridized carbons (Fsp3) is 0.0435. The number of carbonyl (C=O) groups excluding carboxylic acids is 1. The Hall–Kier alpha value is -3.51. The van der Waals surface area contributed by atoms with Gasteiger partial charge in [0.2, 0.25) is 5.91 Å². The zero-order valence-corrected chi connectivity index (χ0v) is 16.2. The second-order valence-electron chi connectivity index (χ2n) is 6.29. The molecule has 0 aliphatic heterocycles. The van der Waals surface area contributed by atoms with Crippen molar-refractivity contribution in [1.29, 1.82) is 0 Å². The van der Waals surface area contributed by atoms with Crippen molar-refractivity contribution >= 4 is 22.9 Å². The third kappa shape index (κ3) is 4.86. The first-order valence-electron chi connectivity index (χ1n) is 8.99. The van der Waals surface area contributed by atoms with Gasteiger partial charge < -0.3 is 10.1 Å². The van der Waals surface area contributed by atoms with Crippen molar-refractivity contribution in [2.45, 2.75) is 6.42 Å². The van der Waals surface area contributed by atoms with Crippen LogP contribution in [0.2, 0.25) is 0 Å². The third-order valence-corrected chi connectivity index (χ3v) is 5.06. The third-order valence-electron chi connectivity index (χ3n) is 4.12. The van der Waals surface area contributed by atoms with Crippen molar-refractivity contribution in [2.75, 3.05) is 5.32 Å². The highest BCUT2D eigenvalue weighted by molar-refractivity contribution is 7.13. The molecular formula is C23H17FN2O2S. The average molecular weight is 404 g/mol. The van der Waals surface area contributed by atoms with Crippen LogP contribution in [0.5, 0.6) is 11.5 Å². The lowest BCUT2D eigenvalue weighted by Crippen LogP contribution is -2.15. The maximum absolute atomic E-state index is 13.1. The largest absolute Gasteiger partial charge is 0.455 e. The molecule has 0 spiro atoms. The van der Waals surface area contributed by atoms with E-state index in [1.807, 2.05) is 47.8 Å². The van der Waals surface area contributed by atoms with Crippen LogP contribution >= 0.6 is 11.3 Å². The van der Waals surface area contributed by atoms with Crippen molar-refractivity contribution in [3.05, 3.63) is 95.8 Å². The fourth-order valence-electron chi connectivity index (χ4n) is 2.75. The van der Waals surface area contributed by atoms with Crippen LogP contribution < -0.4 is 10.1 Å². The number of amides is 1. The fourth-order valence-corrected chi connectivity index (χ4v) is 3.57. The van der Waals surface area contributed by atoms with E-state index < -0.39 is 0 Å². The molecule has 0 atom stereocenters. The van der Waals surface area contributed by atoms with E-state index in [1.165, 1.54) is 23.5 Å². The highest BCUT2D eigenvalue weighted by Crippen LogP contribution is 2.29. The first kappa shape index (κ1) is 18.8. The Bertz CT molecular complexity index is 1110. The highest BCUT2D eigenvalue weighted by atomic mass is 32.1. The molecular weight excluding hydrogens is 387 g/mol. The van der Waals surface area contributed by atoms with Crippen LogP contribution in [0.4, 0.5) is 10.1 Å². The van der Waals surface area contributed by atoms with E-state index in [0.29, 0.717) is 22.9 Å². The molecule has 1 heterocycles. The molecule has 4 rings (SSSR count). The van der Waals surface area contributed by atoms with E-state index in [0.717, 1.165) is 10.6 Å². The molecule has 29 heavy (non-hydrogen) atoms. The number of hydrogen-bond donors (Lipinski definition) is 1. The first-order valence-corrected chi connectivity index (χ1v) is 9.87. The van der Waals surface area contributed by atoms with Crippen LogP contribution in [0.25, 0.3) is 10.6 Å². The van der Waals surface area contributed by atoms with Crippen LogP contribution in [0, 0.1) is 5.82 Å². The van der Waals surface area contributed by atoms with Crippen LogP contribution in [0.15, 0.2) is 84.2 Å². The number of nitrogens with one attached hydrogen (secondary N) is 1. The molecule has 0 radical (unpaired) electrons. The van der Waals surface area contributed by atoms with E-state index >= 15 is 0 Å². The summed E-state index contributed by atoms with van der Waals surface area (Å²) in [6.07, 6.45) is 0.136. The minimum atomic E-state index is -0.290. The SMILES string of the molecule is O=C(Cc1csc(-c2ccc(F)cc2)n1)Nc1ccccc1Oc1ccccc1. The van der Waals surface area contributed by atoms with Gasteiger partial charge in [-0.05, 0) is 48.5 Å². The molecule has 1 amide bonds. The van der Waals surface area contributed by atoms with Gasteiger partial charge >= 0.3 is 0 Å². The number of benzene rings is 3. The predicted octanol–water partition coefficient (Wildman–Crippen LogP) is 5.92. The van der Waals surface area contributed by atoms with Crippen molar-refractivity contribution in [3.63, 3.8) is 0 Å². The number of halogens is 1. The van der Waals surface area contributed by atoms with E-state index in [-0.39, 0.29) is 18.1 Å². The molecule has 0 aliphatic rings. The summed E-state index contributed by atoms with van der Waals surface area (Å²) in [6.45, 7) is 0. The van der Waals surface area contributed by atoms with E-state index in [2.05, 4.69) is 10.3 Å². The maximum atomic E-state index is 13.1. The second kappa shape index (κ2) is 8.67. The summed E-state index contributed by atoms with van der Waals surface area (Å²) in [7, 11) is 0. The van der Waals surface area contributed by atoms with Gasteiger partial charge in [0.15, 0.2) is 5.75 Å². The van der Waals surface area contributed by atoms with Gasteiger partial charge in [-0.25, -0.2) is 9.37 Å². The molecule has 0 aliphatic carbocycles. The molecule has 0 unspecified atom stereocenters. The van der Waals surface area contributed by atoms with E-state index in [9.17, 15) is 9.18 Å². The van der Waals surface area contributed by atoms with Gasteiger partial charge in [-0.2, -0.15) is 0 Å². The normalized spacial score (nSPS) is 10.5. The van der Waals surface area contributed by atoms with Gasteiger partial charge in [0.1, 0.15) is 16.6 Å². The molecule has 4 nitrogen and oxygen atoms in total. The Balaban J connectivity index is 1.43. The number of nitrogens with zero attached hydrogens (tertiary/aromatic N) is 1. The zero-order chi connectivity index (χ0) is 20.1.